The maximum Gasteiger partial charge on any atom is 0.416 e. The van der Waals surface area contributed by atoms with Crippen molar-refractivity contribution in [3.63, 3.8) is 0 Å². The predicted molar refractivity (Wildman–Crippen MR) is 75.7 cm³/mol. The van der Waals surface area contributed by atoms with Crippen molar-refractivity contribution in [2.24, 2.45) is 11.7 Å². The summed E-state index contributed by atoms with van der Waals surface area (Å²) in [4.78, 5) is 0. The monoisotopic (exact) mass is 329 g/mol. The molecular formula is C14H20ClF4NO. The van der Waals surface area contributed by atoms with E-state index in [1.54, 1.807) is 0 Å². The van der Waals surface area contributed by atoms with Crippen molar-refractivity contribution in [2.45, 2.75) is 45.0 Å². The van der Waals surface area contributed by atoms with E-state index in [-0.39, 0.29) is 18.0 Å². The lowest BCUT2D eigenvalue weighted by Gasteiger charge is -2.21. The highest BCUT2D eigenvalue weighted by Crippen LogP contribution is 2.32. The van der Waals surface area contributed by atoms with Crippen LogP contribution in [0.2, 0.25) is 0 Å². The minimum Gasteiger partial charge on any atom is -0.391 e. The number of nitrogens with two attached hydrogens (primary N) is 1. The third-order valence-corrected chi connectivity index (χ3v) is 3.14. The Balaban J connectivity index is 0.00000400. The number of hydrogen-bond acceptors (Lipinski definition) is 2. The molecule has 1 rings (SSSR count). The summed E-state index contributed by atoms with van der Waals surface area (Å²) in [6.07, 6.45) is -4.66. The number of rotatable bonds is 5. The molecule has 0 bridgehead atoms. The first kappa shape index (κ1) is 20.1. The van der Waals surface area contributed by atoms with Gasteiger partial charge in [-0.2, -0.15) is 13.2 Å². The molecule has 0 heterocycles. The SMILES string of the molecule is CC(C)CC[C@@H](O)[C@@H](N)c1cc(C(F)(F)F)ccc1F.Cl. The van der Waals surface area contributed by atoms with Crippen molar-refractivity contribution in [1.29, 1.82) is 0 Å². The average molecular weight is 330 g/mol. The lowest BCUT2D eigenvalue weighted by molar-refractivity contribution is -0.137. The molecule has 0 radical (unpaired) electrons. The molecule has 2 nitrogen and oxygen atoms in total. The highest BCUT2D eigenvalue weighted by Gasteiger charge is 2.32. The Hall–Kier alpha value is -0.850. The van der Waals surface area contributed by atoms with Gasteiger partial charge in [-0.3, -0.25) is 0 Å². The topological polar surface area (TPSA) is 46.2 Å². The van der Waals surface area contributed by atoms with Gasteiger partial charge in [0, 0.05) is 5.56 Å². The van der Waals surface area contributed by atoms with Gasteiger partial charge in [0.05, 0.1) is 17.7 Å². The summed E-state index contributed by atoms with van der Waals surface area (Å²) in [5, 5.41) is 9.87. The molecular weight excluding hydrogens is 310 g/mol. The number of aliphatic hydroxyl groups excluding tert-OH is 1. The van der Waals surface area contributed by atoms with Crippen LogP contribution in [0.1, 0.15) is 43.9 Å². The first-order valence-corrected chi connectivity index (χ1v) is 6.43. The standard InChI is InChI=1S/C14H19F4NO.ClH/c1-8(2)3-6-12(20)13(19)10-7-9(14(16,17)18)4-5-11(10)15;/h4-5,7-8,12-13,20H,3,6,19H2,1-2H3;1H/t12-,13+;/m1./s1. The second-order valence-electron chi connectivity index (χ2n) is 5.30. The molecule has 0 aliphatic carbocycles. The van der Waals surface area contributed by atoms with Crippen molar-refractivity contribution >= 4 is 12.4 Å². The fourth-order valence-corrected chi connectivity index (χ4v) is 1.87. The van der Waals surface area contributed by atoms with Gasteiger partial charge in [0.2, 0.25) is 0 Å². The van der Waals surface area contributed by atoms with Gasteiger partial charge in [-0.1, -0.05) is 13.8 Å². The quantitative estimate of drug-likeness (QED) is 0.800. The van der Waals surface area contributed by atoms with Crippen molar-refractivity contribution in [3.8, 4) is 0 Å². The van der Waals surface area contributed by atoms with Crippen LogP contribution >= 0.6 is 12.4 Å². The molecule has 0 aliphatic rings. The van der Waals surface area contributed by atoms with Crippen molar-refractivity contribution in [3.05, 3.63) is 35.1 Å². The molecule has 1 aromatic rings. The Bertz CT molecular complexity index is 451. The minimum absolute atomic E-state index is 0. The molecule has 0 spiro atoms. The first-order chi connectivity index (χ1) is 9.12. The summed E-state index contributed by atoms with van der Waals surface area (Å²) in [7, 11) is 0. The van der Waals surface area contributed by atoms with E-state index in [0.717, 1.165) is 6.07 Å². The van der Waals surface area contributed by atoms with Gasteiger partial charge in [-0.15, -0.1) is 12.4 Å². The molecule has 0 saturated heterocycles. The van der Waals surface area contributed by atoms with Crippen LogP contribution in [0.4, 0.5) is 17.6 Å². The number of benzene rings is 1. The van der Waals surface area contributed by atoms with Gasteiger partial charge < -0.3 is 10.8 Å². The molecule has 3 N–H and O–H groups in total. The lowest BCUT2D eigenvalue weighted by Crippen LogP contribution is -2.28. The van der Waals surface area contributed by atoms with Crippen molar-refractivity contribution < 1.29 is 22.7 Å². The van der Waals surface area contributed by atoms with Gasteiger partial charge in [-0.05, 0) is 37.0 Å². The van der Waals surface area contributed by atoms with E-state index < -0.39 is 29.7 Å². The van der Waals surface area contributed by atoms with Gasteiger partial charge >= 0.3 is 6.18 Å². The molecule has 0 fully saturated rings. The molecule has 1 aromatic carbocycles. The zero-order valence-electron chi connectivity index (χ0n) is 11.8. The fraction of sp³-hybridized carbons (Fsp3) is 0.571. The summed E-state index contributed by atoms with van der Waals surface area (Å²) in [5.74, 6) is -0.516. The normalized spacial score (nSPS) is 14.7. The Morgan fingerprint density at radius 3 is 2.24 bits per heavy atom. The average Bonchev–Trinajstić information content (AvgIpc) is 2.34. The highest BCUT2D eigenvalue weighted by molar-refractivity contribution is 5.85. The second kappa shape index (κ2) is 7.96. The van der Waals surface area contributed by atoms with E-state index in [4.69, 9.17) is 5.73 Å². The summed E-state index contributed by atoms with van der Waals surface area (Å²) in [6.45, 7) is 3.90. The first-order valence-electron chi connectivity index (χ1n) is 6.43. The van der Waals surface area contributed by atoms with E-state index >= 15 is 0 Å². The van der Waals surface area contributed by atoms with Crippen molar-refractivity contribution in [2.75, 3.05) is 0 Å². The summed E-state index contributed by atoms with van der Waals surface area (Å²) in [6, 6.07) is 0.883. The second-order valence-corrected chi connectivity index (χ2v) is 5.30. The predicted octanol–water partition coefficient (Wildman–Crippen LogP) is 4.06. The van der Waals surface area contributed by atoms with Gasteiger partial charge in [-0.25, -0.2) is 4.39 Å². The van der Waals surface area contributed by atoms with Crippen LogP contribution in [-0.4, -0.2) is 11.2 Å². The fourth-order valence-electron chi connectivity index (χ4n) is 1.87. The molecule has 0 aromatic heterocycles. The van der Waals surface area contributed by atoms with E-state index in [2.05, 4.69) is 0 Å². The summed E-state index contributed by atoms with van der Waals surface area (Å²) in [5.41, 5.74) is 4.40. The van der Waals surface area contributed by atoms with E-state index in [1.165, 1.54) is 0 Å². The maximum absolute atomic E-state index is 13.6. The summed E-state index contributed by atoms with van der Waals surface area (Å²) >= 11 is 0. The Kier molecular flexibility index (Phi) is 7.64. The van der Waals surface area contributed by atoms with Gasteiger partial charge in [0.25, 0.3) is 0 Å². The maximum atomic E-state index is 13.6. The number of hydrogen-bond donors (Lipinski definition) is 2. The molecule has 122 valence electrons. The van der Waals surface area contributed by atoms with Gasteiger partial charge in [0.1, 0.15) is 5.82 Å². The third-order valence-electron chi connectivity index (χ3n) is 3.14. The number of aliphatic hydroxyl groups is 1. The smallest absolute Gasteiger partial charge is 0.391 e. The van der Waals surface area contributed by atoms with E-state index in [9.17, 15) is 22.7 Å². The van der Waals surface area contributed by atoms with Crippen LogP contribution in [0.15, 0.2) is 18.2 Å². The third kappa shape index (κ3) is 5.80. The zero-order valence-corrected chi connectivity index (χ0v) is 12.6. The number of halogens is 5. The number of alkyl halides is 3. The molecule has 2 atom stereocenters. The van der Waals surface area contributed by atoms with E-state index in [0.29, 0.717) is 30.9 Å². The van der Waals surface area contributed by atoms with Crippen LogP contribution in [0.5, 0.6) is 0 Å². The lowest BCUT2D eigenvalue weighted by atomic mass is 9.94. The van der Waals surface area contributed by atoms with E-state index in [1.807, 2.05) is 13.8 Å². The largest absolute Gasteiger partial charge is 0.416 e. The molecule has 0 saturated carbocycles. The molecule has 21 heavy (non-hydrogen) atoms. The van der Waals surface area contributed by atoms with Gasteiger partial charge in [0.15, 0.2) is 0 Å². The van der Waals surface area contributed by atoms with Crippen LogP contribution < -0.4 is 5.73 Å². The Labute approximate surface area is 127 Å². The molecule has 0 aliphatic heterocycles. The highest BCUT2D eigenvalue weighted by atomic mass is 35.5. The van der Waals surface area contributed by atoms with Crippen LogP contribution in [0.25, 0.3) is 0 Å². The molecule has 7 heteroatoms. The van der Waals surface area contributed by atoms with Crippen LogP contribution in [-0.2, 0) is 6.18 Å². The zero-order chi connectivity index (χ0) is 15.5. The Morgan fingerprint density at radius 1 is 1.19 bits per heavy atom. The minimum atomic E-state index is -4.56. The summed E-state index contributed by atoms with van der Waals surface area (Å²) < 4.78 is 51.4. The Morgan fingerprint density at radius 2 is 1.76 bits per heavy atom. The molecule has 0 amide bonds. The van der Waals surface area contributed by atoms with Crippen LogP contribution in [0.3, 0.4) is 0 Å². The van der Waals surface area contributed by atoms with Crippen LogP contribution in [0, 0.1) is 11.7 Å². The van der Waals surface area contributed by atoms with Crippen molar-refractivity contribution in [1.82, 2.24) is 0 Å². The molecule has 0 unspecified atom stereocenters.